The number of aromatic nitrogens is 1. The molecular weight excluding hydrogens is 252 g/mol. The van der Waals surface area contributed by atoms with E-state index in [1.807, 2.05) is 36.4 Å². The molecule has 1 heterocycles. The van der Waals surface area contributed by atoms with E-state index >= 15 is 0 Å². The van der Waals surface area contributed by atoms with E-state index in [2.05, 4.69) is 4.98 Å². The Labute approximate surface area is 118 Å². The maximum atomic E-state index is 11.2. The van der Waals surface area contributed by atoms with Crippen molar-refractivity contribution in [2.24, 2.45) is 5.41 Å². The van der Waals surface area contributed by atoms with Gasteiger partial charge in [-0.05, 0) is 44.0 Å². The van der Waals surface area contributed by atoms with Crippen LogP contribution in [0.5, 0.6) is 0 Å². The van der Waals surface area contributed by atoms with Gasteiger partial charge in [-0.2, -0.15) is 0 Å². The summed E-state index contributed by atoms with van der Waals surface area (Å²) >= 11 is 0. The summed E-state index contributed by atoms with van der Waals surface area (Å²) < 4.78 is 0. The van der Waals surface area contributed by atoms with Crippen LogP contribution in [0, 0.1) is 5.41 Å². The zero-order valence-corrected chi connectivity index (χ0v) is 11.6. The smallest absolute Gasteiger partial charge is 0.309 e. The normalized spacial score (nSPS) is 11.3. The molecule has 104 valence electrons. The Morgan fingerprint density at radius 1 is 1.25 bits per heavy atom. The minimum Gasteiger partial charge on any atom is -0.481 e. The van der Waals surface area contributed by atoms with E-state index in [4.69, 9.17) is 5.73 Å². The molecule has 4 heteroatoms. The molecule has 0 unspecified atom stereocenters. The molecule has 0 saturated heterocycles. The summed E-state index contributed by atoms with van der Waals surface area (Å²) in [7, 11) is 0. The second-order valence-corrected chi connectivity index (χ2v) is 5.51. The first kappa shape index (κ1) is 14.1. The van der Waals surface area contributed by atoms with Crippen LogP contribution in [0.4, 0.5) is 5.82 Å². The largest absolute Gasteiger partial charge is 0.481 e. The molecule has 0 atom stereocenters. The molecule has 4 nitrogen and oxygen atoms in total. The van der Waals surface area contributed by atoms with Crippen LogP contribution in [-0.2, 0) is 11.2 Å². The van der Waals surface area contributed by atoms with Crippen molar-refractivity contribution in [2.45, 2.75) is 20.3 Å². The highest BCUT2D eigenvalue weighted by molar-refractivity contribution is 5.74. The van der Waals surface area contributed by atoms with Crippen molar-refractivity contribution in [2.75, 3.05) is 5.73 Å². The number of carboxylic acids is 1. The summed E-state index contributed by atoms with van der Waals surface area (Å²) in [6.07, 6.45) is 0.471. The van der Waals surface area contributed by atoms with E-state index in [1.165, 1.54) is 0 Å². The lowest BCUT2D eigenvalue weighted by atomic mass is 9.85. The van der Waals surface area contributed by atoms with Crippen molar-refractivity contribution in [3.05, 3.63) is 48.0 Å². The monoisotopic (exact) mass is 270 g/mol. The van der Waals surface area contributed by atoms with Gasteiger partial charge in [-0.3, -0.25) is 4.79 Å². The maximum absolute atomic E-state index is 11.2. The van der Waals surface area contributed by atoms with Gasteiger partial charge in [-0.25, -0.2) is 4.98 Å². The van der Waals surface area contributed by atoms with Crippen molar-refractivity contribution in [1.82, 2.24) is 4.98 Å². The molecule has 0 radical (unpaired) electrons. The average Bonchev–Trinajstić information content (AvgIpc) is 2.38. The van der Waals surface area contributed by atoms with Gasteiger partial charge in [0, 0.05) is 5.56 Å². The van der Waals surface area contributed by atoms with E-state index in [9.17, 15) is 9.90 Å². The number of nitrogens with two attached hydrogens (primary N) is 1. The highest BCUT2D eigenvalue weighted by atomic mass is 16.4. The second-order valence-electron chi connectivity index (χ2n) is 5.51. The molecule has 2 rings (SSSR count). The van der Waals surface area contributed by atoms with Crippen LogP contribution in [0.15, 0.2) is 42.5 Å². The summed E-state index contributed by atoms with van der Waals surface area (Å²) in [6.45, 7) is 3.45. The first-order valence-electron chi connectivity index (χ1n) is 6.44. The van der Waals surface area contributed by atoms with Crippen LogP contribution in [0.1, 0.15) is 19.4 Å². The van der Waals surface area contributed by atoms with Crippen molar-refractivity contribution < 1.29 is 9.90 Å². The Kier molecular flexibility index (Phi) is 3.74. The van der Waals surface area contributed by atoms with Crippen LogP contribution in [-0.4, -0.2) is 16.1 Å². The minimum atomic E-state index is -0.801. The van der Waals surface area contributed by atoms with Gasteiger partial charge in [0.25, 0.3) is 0 Å². The van der Waals surface area contributed by atoms with Gasteiger partial charge >= 0.3 is 5.97 Å². The van der Waals surface area contributed by atoms with Gasteiger partial charge in [-0.1, -0.05) is 24.3 Å². The third-order valence-corrected chi connectivity index (χ3v) is 3.22. The summed E-state index contributed by atoms with van der Waals surface area (Å²) in [5.74, 6) is -0.330. The predicted molar refractivity (Wildman–Crippen MR) is 79.2 cm³/mol. The van der Waals surface area contributed by atoms with Crippen LogP contribution in [0.25, 0.3) is 11.3 Å². The highest BCUT2D eigenvalue weighted by Gasteiger charge is 2.27. The van der Waals surface area contributed by atoms with Crippen molar-refractivity contribution in [3.8, 4) is 11.3 Å². The minimum absolute atomic E-state index is 0.471. The number of nitrogen functional groups attached to an aromatic ring is 1. The van der Waals surface area contributed by atoms with Gasteiger partial charge in [-0.15, -0.1) is 0 Å². The summed E-state index contributed by atoms with van der Waals surface area (Å²) in [5, 5.41) is 9.20. The Hall–Kier alpha value is -2.36. The van der Waals surface area contributed by atoms with Crippen molar-refractivity contribution in [3.63, 3.8) is 0 Å². The summed E-state index contributed by atoms with van der Waals surface area (Å²) in [6, 6.07) is 13.2. The molecular formula is C16H18N2O2. The van der Waals surface area contributed by atoms with E-state index < -0.39 is 11.4 Å². The zero-order chi connectivity index (χ0) is 14.8. The van der Waals surface area contributed by atoms with E-state index in [0.717, 1.165) is 16.8 Å². The number of hydrogen-bond acceptors (Lipinski definition) is 3. The number of benzene rings is 1. The van der Waals surface area contributed by atoms with Crippen LogP contribution < -0.4 is 5.73 Å². The number of rotatable bonds is 4. The number of nitrogens with zero attached hydrogens (tertiary/aromatic N) is 1. The Balaban J connectivity index is 2.31. The first-order valence-corrected chi connectivity index (χ1v) is 6.44. The van der Waals surface area contributed by atoms with Gasteiger partial charge in [0.2, 0.25) is 0 Å². The first-order chi connectivity index (χ1) is 9.38. The quantitative estimate of drug-likeness (QED) is 0.895. The SMILES string of the molecule is CC(C)(Cc1cccc(-c2cccc(N)n2)c1)C(=O)O. The standard InChI is InChI=1S/C16H18N2O2/c1-16(2,15(19)20)10-11-5-3-6-12(9-11)13-7-4-8-14(17)18-13/h3-9H,10H2,1-2H3,(H2,17,18)(H,19,20). The lowest BCUT2D eigenvalue weighted by Gasteiger charge is -2.19. The zero-order valence-electron chi connectivity index (χ0n) is 11.6. The molecule has 0 saturated carbocycles. The van der Waals surface area contributed by atoms with Gasteiger partial charge in [0.05, 0.1) is 11.1 Å². The van der Waals surface area contributed by atoms with Crippen LogP contribution >= 0.6 is 0 Å². The Morgan fingerprint density at radius 2 is 1.95 bits per heavy atom. The predicted octanol–water partition coefficient (Wildman–Crippen LogP) is 2.98. The molecule has 0 aliphatic rings. The molecule has 0 aliphatic carbocycles. The van der Waals surface area contributed by atoms with Gasteiger partial charge < -0.3 is 10.8 Å². The van der Waals surface area contributed by atoms with Crippen molar-refractivity contribution >= 4 is 11.8 Å². The fourth-order valence-corrected chi connectivity index (χ4v) is 2.04. The number of carbonyl (C=O) groups is 1. The van der Waals surface area contributed by atoms with Gasteiger partial charge in [0.15, 0.2) is 0 Å². The number of pyridine rings is 1. The average molecular weight is 270 g/mol. The molecule has 20 heavy (non-hydrogen) atoms. The molecule has 1 aromatic carbocycles. The maximum Gasteiger partial charge on any atom is 0.309 e. The van der Waals surface area contributed by atoms with E-state index in [0.29, 0.717) is 12.2 Å². The number of anilines is 1. The molecule has 3 N–H and O–H groups in total. The highest BCUT2D eigenvalue weighted by Crippen LogP contribution is 2.25. The second kappa shape index (κ2) is 5.33. The Morgan fingerprint density at radius 3 is 2.60 bits per heavy atom. The number of hydrogen-bond donors (Lipinski definition) is 2. The van der Waals surface area contributed by atoms with Crippen LogP contribution in [0.3, 0.4) is 0 Å². The third kappa shape index (κ3) is 3.15. The van der Waals surface area contributed by atoms with Gasteiger partial charge in [0.1, 0.15) is 5.82 Å². The topological polar surface area (TPSA) is 76.2 Å². The lowest BCUT2D eigenvalue weighted by Crippen LogP contribution is -2.26. The Bertz CT molecular complexity index is 636. The van der Waals surface area contributed by atoms with Crippen molar-refractivity contribution in [1.29, 1.82) is 0 Å². The lowest BCUT2D eigenvalue weighted by molar-refractivity contribution is -0.146. The van der Waals surface area contributed by atoms with Crippen LogP contribution in [0.2, 0.25) is 0 Å². The molecule has 0 spiro atoms. The summed E-state index contributed by atoms with van der Waals surface area (Å²) in [4.78, 5) is 15.5. The van der Waals surface area contributed by atoms with E-state index in [-0.39, 0.29) is 0 Å². The molecule has 0 aliphatic heterocycles. The molecule has 0 fully saturated rings. The molecule has 1 aromatic heterocycles. The molecule has 0 amide bonds. The fourth-order valence-electron chi connectivity index (χ4n) is 2.04. The molecule has 2 aromatic rings. The third-order valence-electron chi connectivity index (χ3n) is 3.22. The number of aliphatic carboxylic acids is 1. The number of carboxylic acid groups (broad SMARTS) is 1. The molecule has 0 bridgehead atoms. The fraction of sp³-hybridized carbons (Fsp3) is 0.250. The summed E-state index contributed by atoms with van der Waals surface area (Å²) in [5.41, 5.74) is 7.60. The van der Waals surface area contributed by atoms with E-state index in [1.54, 1.807) is 19.9 Å².